The summed E-state index contributed by atoms with van der Waals surface area (Å²) in [7, 11) is 0. The van der Waals surface area contributed by atoms with E-state index in [4.69, 9.17) is 0 Å². The van der Waals surface area contributed by atoms with Gasteiger partial charge in [-0.2, -0.15) is 0 Å². The van der Waals surface area contributed by atoms with E-state index in [0.717, 1.165) is 38.5 Å². The van der Waals surface area contributed by atoms with Crippen molar-refractivity contribution >= 4 is 21.7 Å². The summed E-state index contributed by atoms with van der Waals surface area (Å²) in [4.78, 5) is 4.66. The molecule has 0 saturated carbocycles. The topological polar surface area (TPSA) is 33.1 Å². The van der Waals surface area contributed by atoms with Crippen LogP contribution in [0.4, 0.5) is 0 Å². The van der Waals surface area contributed by atoms with E-state index in [1.54, 1.807) is 0 Å². The molecule has 0 amide bonds. The summed E-state index contributed by atoms with van der Waals surface area (Å²) in [5.41, 5.74) is 3.68. The molecule has 106 valence electrons. The van der Waals surface area contributed by atoms with E-state index in [0.29, 0.717) is 5.75 Å². The molecule has 1 aromatic heterocycles. The summed E-state index contributed by atoms with van der Waals surface area (Å²) >= 11 is 0. The minimum atomic E-state index is 0.314. The average Bonchev–Trinajstić information content (AvgIpc) is 2.55. The van der Waals surface area contributed by atoms with Crippen molar-refractivity contribution in [2.24, 2.45) is 0 Å². The first-order chi connectivity index (χ1) is 10.7. The largest absolute Gasteiger partial charge is 0.507 e. The van der Waals surface area contributed by atoms with Crippen molar-refractivity contribution in [3.8, 4) is 16.9 Å². The fourth-order valence-electron chi connectivity index (χ4n) is 2.93. The molecule has 0 atom stereocenters. The second-order valence-corrected chi connectivity index (χ2v) is 5.51. The van der Waals surface area contributed by atoms with Crippen LogP contribution in [0.3, 0.4) is 0 Å². The molecule has 1 N–H and O–H groups in total. The Morgan fingerprint density at radius 1 is 0.727 bits per heavy atom. The van der Waals surface area contributed by atoms with E-state index in [2.05, 4.69) is 11.1 Å². The molecule has 1 heterocycles. The molecule has 4 rings (SSSR count). The van der Waals surface area contributed by atoms with Crippen LogP contribution >= 0.6 is 0 Å². The molecule has 0 radical (unpaired) electrons. The lowest BCUT2D eigenvalue weighted by Crippen LogP contribution is -1.88. The number of nitrogens with zero attached hydrogens (tertiary/aromatic N) is 1. The summed E-state index contributed by atoms with van der Waals surface area (Å²) in [5, 5.41) is 13.7. The first-order valence-electron chi connectivity index (χ1n) is 7.31. The Bertz CT molecular complexity index is 1000. The number of fused-ring (bicyclic) bond motifs is 2. The third-order valence-corrected chi connectivity index (χ3v) is 4.05. The summed E-state index contributed by atoms with van der Waals surface area (Å²) < 4.78 is 0. The number of para-hydroxylation sites is 1. The van der Waals surface area contributed by atoms with Crippen LogP contribution < -0.4 is 0 Å². The van der Waals surface area contributed by atoms with Crippen LogP contribution in [0, 0.1) is 6.92 Å². The van der Waals surface area contributed by atoms with Gasteiger partial charge in [-0.25, -0.2) is 0 Å². The quantitative estimate of drug-likeness (QED) is 0.529. The van der Waals surface area contributed by atoms with Gasteiger partial charge in [-0.1, -0.05) is 54.6 Å². The molecule has 2 heteroatoms. The standard InChI is InChI=1S/C20H15NO/c1-13-9-10-15-6-4-8-17(19(15)21-13)18-12-11-14-5-2-3-7-16(14)20(18)22/h2-12,22H,1H3. The van der Waals surface area contributed by atoms with Crippen LogP contribution in [-0.4, -0.2) is 10.1 Å². The zero-order valence-electron chi connectivity index (χ0n) is 12.2. The van der Waals surface area contributed by atoms with E-state index >= 15 is 0 Å². The van der Waals surface area contributed by atoms with Gasteiger partial charge in [0.15, 0.2) is 0 Å². The molecule has 0 spiro atoms. The zero-order valence-corrected chi connectivity index (χ0v) is 12.2. The molecule has 22 heavy (non-hydrogen) atoms. The van der Waals surface area contributed by atoms with Crippen LogP contribution in [0.25, 0.3) is 32.8 Å². The minimum absolute atomic E-state index is 0.314. The van der Waals surface area contributed by atoms with Crippen molar-refractivity contribution in [2.75, 3.05) is 0 Å². The number of aromatic hydroxyl groups is 1. The Hall–Kier alpha value is -2.87. The Kier molecular flexibility index (Phi) is 2.83. The lowest BCUT2D eigenvalue weighted by molar-refractivity contribution is 0.483. The summed E-state index contributed by atoms with van der Waals surface area (Å²) in [6, 6.07) is 22.0. The number of phenols is 1. The highest BCUT2D eigenvalue weighted by molar-refractivity contribution is 6.01. The van der Waals surface area contributed by atoms with E-state index in [1.807, 2.05) is 67.6 Å². The van der Waals surface area contributed by atoms with Gasteiger partial charge in [0.2, 0.25) is 0 Å². The molecular formula is C20H15NO. The number of pyridine rings is 1. The lowest BCUT2D eigenvalue weighted by Gasteiger charge is -2.11. The fraction of sp³-hybridized carbons (Fsp3) is 0.0500. The summed E-state index contributed by atoms with van der Waals surface area (Å²) in [6.45, 7) is 1.98. The van der Waals surface area contributed by atoms with Gasteiger partial charge in [0.05, 0.1) is 5.52 Å². The maximum atomic E-state index is 10.7. The molecule has 3 aromatic carbocycles. The Balaban J connectivity index is 2.07. The van der Waals surface area contributed by atoms with Crippen molar-refractivity contribution in [1.29, 1.82) is 0 Å². The SMILES string of the molecule is Cc1ccc2cccc(-c3ccc4ccccc4c3O)c2n1. The van der Waals surface area contributed by atoms with Crippen LogP contribution in [-0.2, 0) is 0 Å². The monoisotopic (exact) mass is 285 g/mol. The second kappa shape index (κ2) is 4.85. The highest BCUT2D eigenvalue weighted by atomic mass is 16.3. The Labute approximate surface area is 128 Å². The van der Waals surface area contributed by atoms with E-state index in [9.17, 15) is 5.11 Å². The molecule has 0 fully saturated rings. The Morgan fingerprint density at radius 3 is 2.41 bits per heavy atom. The van der Waals surface area contributed by atoms with Crippen LogP contribution in [0.15, 0.2) is 66.7 Å². The number of hydrogen-bond acceptors (Lipinski definition) is 2. The highest BCUT2D eigenvalue weighted by Gasteiger charge is 2.11. The first-order valence-corrected chi connectivity index (χ1v) is 7.31. The molecular weight excluding hydrogens is 270 g/mol. The van der Waals surface area contributed by atoms with Gasteiger partial charge in [-0.15, -0.1) is 0 Å². The molecule has 0 unspecified atom stereocenters. The Morgan fingerprint density at radius 2 is 1.50 bits per heavy atom. The van der Waals surface area contributed by atoms with Crippen LogP contribution in [0.5, 0.6) is 5.75 Å². The van der Waals surface area contributed by atoms with Gasteiger partial charge < -0.3 is 5.11 Å². The minimum Gasteiger partial charge on any atom is -0.507 e. The molecule has 0 aliphatic rings. The van der Waals surface area contributed by atoms with Gasteiger partial charge in [-0.05, 0) is 24.4 Å². The van der Waals surface area contributed by atoms with Gasteiger partial charge in [0.25, 0.3) is 0 Å². The maximum absolute atomic E-state index is 10.7. The van der Waals surface area contributed by atoms with Crippen molar-refractivity contribution in [2.45, 2.75) is 6.92 Å². The van der Waals surface area contributed by atoms with E-state index in [1.165, 1.54) is 0 Å². The number of phenolic OH excluding ortho intramolecular Hbond substituents is 1. The van der Waals surface area contributed by atoms with Crippen molar-refractivity contribution < 1.29 is 5.11 Å². The predicted octanol–water partition coefficient (Wildman–Crippen LogP) is 5.07. The molecule has 2 nitrogen and oxygen atoms in total. The average molecular weight is 285 g/mol. The highest BCUT2D eigenvalue weighted by Crippen LogP contribution is 2.38. The summed E-state index contributed by atoms with van der Waals surface area (Å²) in [5.74, 6) is 0.314. The molecule has 0 bridgehead atoms. The molecule has 4 aromatic rings. The van der Waals surface area contributed by atoms with Gasteiger partial charge >= 0.3 is 0 Å². The van der Waals surface area contributed by atoms with Crippen molar-refractivity contribution in [3.05, 3.63) is 72.4 Å². The van der Waals surface area contributed by atoms with Gasteiger partial charge in [0, 0.05) is 27.6 Å². The maximum Gasteiger partial charge on any atom is 0.131 e. The first kappa shape index (κ1) is 12.8. The number of benzene rings is 3. The molecule has 0 saturated heterocycles. The van der Waals surface area contributed by atoms with E-state index in [-0.39, 0.29) is 0 Å². The number of rotatable bonds is 1. The zero-order chi connectivity index (χ0) is 15.1. The fourth-order valence-corrected chi connectivity index (χ4v) is 2.93. The second-order valence-electron chi connectivity index (χ2n) is 5.51. The third kappa shape index (κ3) is 1.92. The van der Waals surface area contributed by atoms with Gasteiger partial charge in [0.1, 0.15) is 5.75 Å². The van der Waals surface area contributed by atoms with Crippen molar-refractivity contribution in [3.63, 3.8) is 0 Å². The predicted molar refractivity (Wildman–Crippen MR) is 91.1 cm³/mol. The van der Waals surface area contributed by atoms with Crippen LogP contribution in [0.1, 0.15) is 5.69 Å². The normalized spacial score (nSPS) is 11.1. The smallest absolute Gasteiger partial charge is 0.131 e. The van der Waals surface area contributed by atoms with Gasteiger partial charge in [-0.3, -0.25) is 4.98 Å². The lowest BCUT2D eigenvalue weighted by atomic mass is 9.97. The number of hydrogen-bond donors (Lipinski definition) is 1. The van der Waals surface area contributed by atoms with E-state index < -0.39 is 0 Å². The van der Waals surface area contributed by atoms with Crippen molar-refractivity contribution in [1.82, 2.24) is 4.98 Å². The van der Waals surface area contributed by atoms with Crippen LogP contribution in [0.2, 0.25) is 0 Å². The number of aromatic nitrogens is 1. The molecule has 0 aliphatic heterocycles. The third-order valence-electron chi connectivity index (χ3n) is 4.05. The molecule has 0 aliphatic carbocycles. The summed E-state index contributed by atoms with van der Waals surface area (Å²) in [6.07, 6.45) is 0. The number of aryl methyl sites for hydroxylation is 1.